The lowest BCUT2D eigenvalue weighted by Gasteiger charge is -2.03. The summed E-state index contributed by atoms with van der Waals surface area (Å²) in [7, 11) is 0. The van der Waals surface area contributed by atoms with Gasteiger partial charge in [0.1, 0.15) is 5.78 Å². The molecule has 0 aromatic carbocycles. The van der Waals surface area contributed by atoms with Gasteiger partial charge in [-0.05, 0) is 6.92 Å². The summed E-state index contributed by atoms with van der Waals surface area (Å²) < 4.78 is 0. The van der Waals surface area contributed by atoms with Crippen molar-refractivity contribution in [3.05, 3.63) is 0 Å². The molecule has 0 amide bonds. The van der Waals surface area contributed by atoms with Crippen LogP contribution in [0.15, 0.2) is 0 Å². The van der Waals surface area contributed by atoms with E-state index in [0.29, 0.717) is 12.6 Å². The van der Waals surface area contributed by atoms with E-state index in [9.17, 15) is 4.79 Å². The van der Waals surface area contributed by atoms with Gasteiger partial charge in [0.05, 0.1) is 6.54 Å². The number of rotatable bonds is 3. The third kappa shape index (κ3) is 33.5. The van der Waals surface area contributed by atoms with Gasteiger partial charge in [-0.15, -0.1) is 0 Å². The SMILES string of the molecule is CC.CC.CC(=O)CNC(C)C. The maximum Gasteiger partial charge on any atom is 0.143 e. The van der Waals surface area contributed by atoms with Crippen LogP contribution in [0, 0.1) is 0 Å². The first-order valence-electron chi connectivity index (χ1n) is 4.85. The molecular formula is C10H25NO. The highest BCUT2D eigenvalue weighted by Gasteiger charge is 1.92. The van der Waals surface area contributed by atoms with E-state index in [-0.39, 0.29) is 5.78 Å². The molecular weight excluding hydrogens is 150 g/mol. The Hall–Kier alpha value is -0.370. The van der Waals surface area contributed by atoms with Gasteiger partial charge in [0.2, 0.25) is 0 Å². The van der Waals surface area contributed by atoms with Crippen LogP contribution in [0.3, 0.4) is 0 Å². The topological polar surface area (TPSA) is 29.1 Å². The molecule has 0 heterocycles. The molecule has 0 aromatic rings. The Bertz CT molecular complexity index is 79.9. The third-order valence-corrected chi connectivity index (χ3v) is 0.759. The van der Waals surface area contributed by atoms with E-state index in [4.69, 9.17) is 0 Å². The second-order valence-corrected chi connectivity index (χ2v) is 2.24. The largest absolute Gasteiger partial charge is 0.308 e. The van der Waals surface area contributed by atoms with Crippen molar-refractivity contribution < 1.29 is 4.79 Å². The third-order valence-electron chi connectivity index (χ3n) is 0.759. The molecule has 0 aliphatic heterocycles. The standard InChI is InChI=1S/C6H13NO.2C2H6/c1-5(2)7-4-6(3)8;2*1-2/h5,7H,4H2,1-3H3;2*1-2H3. The van der Waals surface area contributed by atoms with Crippen LogP contribution in [0.5, 0.6) is 0 Å². The number of hydrogen-bond acceptors (Lipinski definition) is 2. The summed E-state index contributed by atoms with van der Waals surface area (Å²) >= 11 is 0. The molecule has 0 atom stereocenters. The summed E-state index contributed by atoms with van der Waals surface area (Å²) in [6, 6.07) is 0.416. The van der Waals surface area contributed by atoms with Crippen LogP contribution in [0.2, 0.25) is 0 Å². The summed E-state index contributed by atoms with van der Waals surface area (Å²) in [6.45, 7) is 14.1. The molecule has 2 heteroatoms. The lowest BCUT2D eigenvalue weighted by atomic mass is 10.3. The van der Waals surface area contributed by atoms with Crippen molar-refractivity contribution in [3.63, 3.8) is 0 Å². The fourth-order valence-electron chi connectivity index (χ4n) is 0.348. The minimum atomic E-state index is 0.193. The molecule has 0 spiro atoms. The zero-order valence-electron chi connectivity index (χ0n) is 9.69. The van der Waals surface area contributed by atoms with E-state index >= 15 is 0 Å². The quantitative estimate of drug-likeness (QED) is 0.714. The molecule has 0 unspecified atom stereocenters. The van der Waals surface area contributed by atoms with Gasteiger partial charge in [0.25, 0.3) is 0 Å². The maximum atomic E-state index is 10.3. The van der Waals surface area contributed by atoms with Crippen molar-refractivity contribution in [3.8, 4) is 0 Å². The van der Waals surface area contributed by atoms with Gasteiger partial charge in [-0.1, -0.05) is 41.5 Å². The Labute approximate surface area is 77.7 Å². The molecule has 0 aliphatic rings. The van der Waals surface area contributed by atoms with E-state index in [1.807, 2.05) is 41.5 Å². The van der Waals surface area contributed by atoms with E-state index in [0.717, 1.165) is 0 Å². The zero-order valence-corrected chi connectivity index (χ0v) is 9.69. The van der Waals surface area contributed by atoms with Crippen LogP contribution < -0.4 is 5.32 Å². The smallest absolute Gasteiger partial charge is 0.143 e. The molecule has 2 nitrogen and oxygen atoms in total. The monoisotopic (exact) mass is 175 g/mol. The molecule has 0 aliphatic carbocycles. The molecule has 0 saturated carbocycles. The van der Waals surface area contributed by atoms with Crippen LogP contribution in [-0.2, 0) is 4.79 Å². The summed E-state index contributed by atoms with van der Waals surface area (Å²) in [5, 5.41) is 3.00. The highest BCUT2D eigenvalue weighted by atomic mass is 16.1. The number of Topliss-reactive ketones (excluding diaryl/α,β-unsaturated/α-hetero) is 1. The predicted octanol–water partition coefficient (Wildman–Crippen LogP) is 2.63. The van der Waals surface area contributed by atoms with Crippen molar-refractivity contribution >= 4 is 5.78 Å². The van der Waals surface area contributed by atoms with Crippen molar-refractivity contribution in [2.75, 3.05) is 6.54 Å². The van der Waals surface area contributed by atoms with Crippen molar-refractivity contribution in [2.24, 2.45) is 0 Å². The second-order valence-electron chi connectivity index (χ2n) is 2.24. The molecule has 0 fully saturated rings. The predicted molar refractivity (Wildman–Crippen MR) is 56.5 cm³/mol. The average molecular weight is 175 g/mol. The Morgan fingerprint density at radius 3 is 1.58 bits per heavy atom. The molecule has 12 heavy (non-hydrogen) atoms. The number of hydrogen-bond donors (Lipinski definition) is 1. The summed E-state index contributed by atoms with van der Waals surface area (Å²) in [6.07, 6.45) is 0. The van der Waals surface area contributed by atoms with Crippen molar-refractivity contribution in [2.45, 2.75) is 54.5 Å². The normalized spacial score (nSPS) is 7.67. The van der Waals surface area contributed by atoms with Gasteiger partial charge in [0.15, 0.2) is 0 Å². The minimum absolute atomic E-state index is 0.193. The Balaban J connectivity index is -0.000000175. The van der Waals surface area contributed by atoms with Gasteiger partial charge in [-0.2, -0.15) is 0 Å². The van der Waals surface area contributed by atoms with Gasteiger partial charge in [0, 0.05) is 6.04 Å². The molecule has 0 radical (unpaired) electrons. The fourth-order valence-corrected chi connectivity index (χ4v) is 0.348. The maximum absolute atomic E-state index is 10.3. The fraction of sp³-hybridized carbons (Fsp3) is 0.900. The number of nitrogens with one attached hydrogen (secondary N) is 1. The zero-order chi connectivity index (χ0) is 10.6. The second kappa shape index (κ2) is 16.9. The van der Waals surface area contributed by atoms with Crippen LogP contribution in [0.1, 0.15) is 48.5 Å². The highest BCUT2D eigenvalue weighted by Crippen LogP contribution is 1.74. The number of carbonyl (C=O) groups excluding carboxylic acids is 1. The van der Waals surface area contributed by atoms with Crippen LogP contribution in [0.25, 0.3) is 0 Å². The molecule has 0 saturated heterocycles. The van der Waals surface area contributed by atoms with Crippen LogP contribution in [0.4, 0.5) is 0 Å². The van der Waals surface area contributed by atoms with Gasteiger partial charge in [-0.25, -0.2) is 0 Å². The lowest BCUT2D eigenvalue weighted by Crippen LogP contribution is -2.27. The van der Waals surface area contributed by atoms with Gasteiger partial charge in [-0.3, -0.25) is 4.79 Å². The molecule has 0 rings (SSSR count). The van der Waals surface area contributed by atoms with Crippen molar-refractivity contribution in [1.29, 1.82) is 0 Å². The molecule has 0 bridgehead atoms. The van der Waals surface area contributed by atoms with Gasteiger partial charge >= 0.3 is 0 Å². The van der Waals surface area contributed by atoms with Crippen LogP contribution in [-0.4, -0.2) is 18.4 Å². The van der Waals surface area contributed by atoms with E-state index in [1.165, 1.54) is 0 Å². The lowest BCUT2D eigenvalue weighted by molar-refractivity contribution is -0.116. The highest BCUT2D eigenvalue weighted by molar-refractivity contribution is 5.77. The minimum Gasteiger partial charge on any atom is -0.308 e. The van der Waals surface area contributed by atoms with Gasteiger partial charge < -0.3 is 5.32 Å². The summed E-state index contributed by atoms with van der Waals surface area (Å²) in [5.41, 5.74) is 0. The van der Waals surface area contributed by atoms with E-state index < -0.39 is 0 Å². The molecule has 1 N–H and O–H groups in total. The molecule has 76 valence electrons. The van der Waals surface area contributed by atoms with E-state index in [2.05, 4.69) is 5.32 Å². The summed E-state index contributed by atoms with van der Waals surface area (Å²) in [4.78, 5) is 10.3. The first-order chi connectivity index (χ1) is 5.63. The van der Waals surface area contributed by atoms with Crippen molar-refractivity contribution in [1.82, 2.24) is 5.32 Å². The summed E-state index contributed by atoms with van der Waals surface area (Å²) in [5.74, 6) is 0.193. The Kier molecular flexibility index (Phi) is 24.9. The molecule has 0 aromatic heterocycles. The number of ketones is 1. The average Bonchev–Trinajstić information content (AvgIpc) is 2.08. The first-order valence-corrected chi connectivity index (χ1v) is 4.85. The first kappa shape index (κ1) is 17.6. The Morgan fingerprint density at radius 1 is 1.17 bits per heavy atom. The van der Waals surface area contributed by atoms with Crippen LogP contribution >= 0.6 is 0 Å². The number of carbonyl (C=O) groups is 1. The van der Waals surface area contributed by atoms with E-state index in [1.54, 1.807) is 6.92 Å². The Morgan fingerprint density at radius 2 is 1.50 bits per heavy atom.